The van der Waals surface area contributed by atoms with Gasteiger partial charge in [-0.3, -0.25) is 4.79 Å². The van der Waals surface area contributed by atoms with E-state index in [1.165, 1.54) is 16.7 Å². The second-order valence-corrected chi connectivity index (χ2v) is 4.63. The molecule has 2 nitrogen and oxygen atoms in total. The fraction of sp³-hybridized carbons (Fsp3) is 0.235. The van der Waals surface area contributed by atoms with Crippen molar-refractivity contribution in [1.29, 1.82) is 0 Å². The Kier molecular flexibility index (Phi) is 4.48. The Balaban J connectivity index is 2.24. The first-order valence-corrected chi connectivity index (χ1v) is 6.38. The van der Waals surface area contributed by atoms with Crippen molar-refractivity contribution in [2.45, 2.75) is 13.3 Å². The summed E-state index contributed by atoms with van der Waals surface area (Å²) in [7, 11) is 1.71. The summed E-state index contributed by atoms with van der Waals surface area (Å²) in [5, 5.41) is 0. The van der Waals surface area contributed by atoms with Crippen LogP contribution < -0.4 is 0 Å². The van der Waals surface area contributed by atoms with Gasteiger partial charge in [-0.2, -0.15) is 0 Å². The molecule has 19 heavy (non-hydrogen) atoms. The number of hydrogen-bond donors (Lipinski definition) is 0. The summed E-state index contributed by atoms with van der Waals surface area (Å²) in [5.74, 6) is 0. The van der Waals surface area contributed by atoms with Crippen LogP contribution in [-0.4, -0.2) is 20.0 Å². The van der Waals surface area contributed by atoms with Crippen molar-refractivity contribution in [3.8, 4) is 11.1 Å². The average molecular weight is 254 g/mol. The normalized spacial score (nSPS) is 10.4. The van der Waals surface area contributed by atoms with Crippen molar-refractivity contribution in [3.05, 3.63) is 59.2 Å². The Morgan fingerprint density at radius 1 is 1.11 bits per heavy atom. The molecule has 0 radical (unpaired) electrons. The lowest BCUT2D eigenvalue weighted by Crippen LogP contribution is -1.94. The monoisotopic (exact) mass is 254 g/mol. The number of aldehydes is 1. The molecular weight excluding hydrogens is 236 g/mol. The maximum Gasteiger partial charge on any atom is 0.150 e. The predicted molar refractivity (Wildman–Crippen MR) is 77.6 cm³/mol. The maximum absolute atomic E-state index is 10.7. The molecule has 0 unspecified atom stereocenters. The number of rotatable bonds is 5. The van der Waals surface area contributed by atoms with E-state index in [2.05, 4.69) is 24.3 Å². The van der Waals surface area contributed by atoms with Crippen LogP contribution in [0, 0.1) is 6.92 Å². The number of carbonyl (C=O) groups excluding carboxylic acids is 1. The van der Waals surface area contributed by atoms with E-state index in [-0.39, 0.29) is 0 Å². The summed E-state index contributed by atoms with van der Waals surface area (Å²) in [4.78, 5) is 10.7. The van der Waals surface area contributed by atoms with Crippen LogP contribution in [0.3, 0.4) is 0 Å². The van der Waals surface area contributed by atoms with Crippen molar-refractivity contribution >= 4 is 6.29 Å². The van der Waals surface area contributed by atoms with Gasteiger partial charge in [-0.1, -0.05) is 36.4 Å². The lowest BCUT2D eigenvalue weighted by atomic mass is 9.97. The summed E-state index contributed by atoms with van der Waals surface area (Å²) in [6.45, 7) is 2.77. The highest BCUT2D eigenvalue weighted by Gasteiger charge is 2.03. The second kappa shape index (κ2) is 6.30. The maximum atomic E-state index is 10.7. The zero-order valence-corrected chi connectivity index (χ0v) is 11.3. The predicted octanol–water partition coefficient (Wildman–Crippen LogP) is 3.66. The third kappa shape index (κ3) is 3.30. The van der Waals surface area contributed by atoms with Crippen LogP contribution in [0.5, 0.6) is 0 Å². The average Bonchev–Trinajstić information content (AvgIpc) is 2.45. The summed E-state index contributed by atoms with van der Waals surface area (Å²) in [5.41, 5.74) is 5.46. The SMILES string of the molecule is COCCc1ccc(-c2ccc(C=O)cc2C)cc1. The summed E-state index contributed by atoms with van der Waals surface area (Å²) in [6.07, 6.45) is 1.81. The molecule has 0 saturated heterocycles. The highest BCUT2D eigenvalue weighted by atomic mass is 16.5. The molecule has 0 aliphatic carbocycles. The Morgan fingerprint density at radius 2 is 1.84 bits per heavy atom. The first-order valence-electron chi connectivity index (χ1n) is 6.38. The van der Waals surface area contributed by atoms with E-state index in [1.54, 1.807) is 7.11 Å². The minimum absolute atomic E-state index is 0.720. The second-order valence-electron chi connectivity index (χ2n) is 4.63. The molecule has 98 valence electrons. The van der Waals surface area contributed by atoms with Crippen LogP contribution in [0.25, 0.3) is 11.1 Å². The van der Waals surface area contributed by atoms with Gasteiger partial charge in [0.15, 0.2) is 0 Å². The molecule has 0 bridgehead atoms. The van der Waals surface area contributed by atoms with Gasteiger partial charge < -0.3 is 4.74 Å². The molecule has 0 aliphatic rings. The van der Waals surface area contributed by atoms with Gasteiger partial charge >= 0.3 is 0 Å². The van der Waals surface area contributed by atoms with Crippen LogP contribution >= 0.6 is 0 Å². The number of benzene rings is 2. The minimum Gasteiger partial charge on any atom is -0.384 e. The summed E-state index contributed by atoms with van der Waals surface area (Å²) >= 11 is 0. The molecule has 0 aromatic heterocycles. The topological polar surface area (TPSA) is 26.3 Å². The first kappa shape index (κ1) is 13.5. The van der Waals surface area contributed by atoms with Gasteiger partial charge in [0, 0.05) is 12.7 Å². The van der Waals surface area contributed by atoms with Gasteiger partial charge in [0.2, 0.25) is 0 Å². The van der Waals surface area contributed by atoms with Gasteiger partial charge in [0.25, 0.3) is 0 Å². The number of methoxy groups -OCH3 is 1. The molecule has 0 atom stereocenters. The van der Waals surface area contributed by atoms with Gasteiger partial charge in [0.1, 0.15) is 6.29 Å². The zero-order valence-electron chi connectivity index (χ0n) is 11.3. The molecule has 0 heterocycles. The Labute approximate surface area is 114 Å². The van der Waals surface area contributed by atoms with E-state index in [0.29, 0.717) is 0 Å². The van der Waals surface area contributed by atoms with Gasteiger partial charge in [-0.25, -0.2) is 0 Å². The smallest absolute Gasteiger partial charge is 0.150 e. The van der Waals surface area contributed by atoms with Crippen molar-refractivity contribution < 1.29 is 9.53 Å². The largest absolute Gasteiger partial charge is 0.384 e. The Morgan fingerprint density at radius 3 is 2.42 bits per heavy atom. The highest BCUT2D eigenvalue weighted by molar-refractivity contribution is 5.78. The molecule has 0 amide bonds. The molecule has 2 rings (SSSR count). The molecule has 2 heteroatoms. The van der Waals surface area contributed by atoms with Crippen LogP contribution in [0.15, 0.2) is 42.5 Å². The summed E-state index contributed by atoms with van der Waals surface area (Å²) in [6, 6.07) is 14.3. The van der Waals surface area contributed by atoms with Crippen molar-refractivity contribution in [2.75, 3.05) is 13.7 Å². The molecule has 0 aliphatic heterocycles. The van der Waals surface area contributed by atoms with E-state index < -0.39 is 0 Å². The fourth-order valence-corrected chi connectivity index (χ4v) is 2.15. The van der Waals surface area contributed by atoms with Crippen molar-refractivity contribution in [2.24, 2.45) is 0 Å². The van der Waals surface area contributed by atoms with Crippen molar-refractivity contribution in [3.63, 3.8) is 0 Å². The van der Waals surface area contributed by atoms with E-state index in [0.717, 1.165) is 30.4 Å². The molecule has 2 aromatic rings. The van der Waals surface area contributed by atoms with E-state index in [9.17, 15) is 4.79 Å². The third-order valence-corrected chi connectivity index (χ3v) is 3.25. The van der Waals surface area contributed by atoms with Crippen LogP contribution in [0.1, 0.15) is 21.5 Å². The Bertz CT molecular complexity index is 556. The minimum atomic E-state index is 0.720. The number of carbonyl (C=O) groups is 1. The molecule has 0 fully saturated rings. The number of ether oxygens (including phenoxy) is 1. The van der Waals surface area contributed by atoms with Gasteiger partial charge in [0.05, 0.1) is 6.61 Å². The van der Waals surface area contributed by atoms with E-state index >= 15 is 0 Å². The van der Waals surface area contributed by atoms with Crippen LogP contribution in [0.4, 0.5) is 0 Å². The molecule has 0 N–H and O–H groups in total. The summed E-state index contributed by atoms with van der Waals surface area (Å²) < 4.78 is 5.07. The van der Waals surface area contributed by atoms with Crippen LogP contribution in [0.2, 0.25) is 0 Å². The standard InChI is InChI=1S/C17H18O2/c1-13-11-15(12-18)5-8-17(13)16-6-3-14(4-7-16)9-10-19-2/h3-8,11-12H,9-10H2,1-2H3. The zero-order chi connectivity index (χ0) is 13.7. The lowest BCUT2D eigenvalue weighted by Gasteiger charge is -2.08. The molecular formula is C17H18O2. The highest BCUT2D eigenvalue weighted by Crippen LogP contribution is 2.24. The van der Waals surface area contributed by atoms with E-state index in [4.69, 9.17) is 4.74 Å². The third-order valence-electron chi connectivity index (χ3n) is 3.25. The van der Waals surface area contributed by atoms with Crippen LogP contribution in [-0.2, 0) is 11.2 Å². The quantitative estimate of drug-likeness (QED) is 0.761. The van der Waals surface area contributed by atoms with E-state index in [1.807, 2.05) is 25.1 Å². The van der Waals surface area contributed by atoms with Gasteiger partial charge in [-0.15, -0.1) is 0 Å². The number of hydrogen-bond acceptors (Lipinski definition) is 2. The molecule has 0 saturated carbocycles. The number of aryl methyl sites for hydroxylation is 1. The lowest BCUT2D eigenvalue weighted by molar-refractivity contribution is 0.112. The Hall–Kier alpha value is -1.93. The molecule has 0 spiro atoms. The fourth-order valence-electron chi connectivity index (χ4n) is 2.15. The first-order chi connectivity index (χ1) is 9.24. The van der Waals surface area contributed by atoms with Crippen molar-refractivity contribution in [1.82, 2.24) is 0 Å². The molecule has 2 aromatic carbocycles. The van der Waals surface area contributed by atoms with Gasteiger partial charge in [-0.05, 0) is 41.7 Å².